The number of carbonyl (C=O) groups excluding carboxylic acids is 2. The molecule has 2 fully saturated rings. The summed E-state index contributed by atoms with van der Waals surface area (Å²) in [7, 11) is 0. The number of nitrogens with zero attached hydrogens (tertiary/aromatic N) is 1. The van der Waals surface area contributed by atoms with Crippen LogP contribution >= 0.6 is 12.4 Å². The van der Waals surface area contributed by atoms with Gasteiger partial charge in [-0.15, -0.1) is 12.4 Å². The van der Waals surface area contributed by atoms with Crippen molar-refractivity contribution in [3.05, 3.63) is 35.9 Å². The summed E-state index contributed by atoms with van der Waals surface area (Å²) in [6.45, 7) is 5.73. The van der Waals surface area contributed by atoms with Gasteiger partial charge in [-0.1, -0.05) is 25.1 Å². The summed E-state index contributed by atoms with van der Waals surface area (Å²) in [5, 5.41) is 6.43. The first-order valence-corrected chi connectivity index (χ1v) is 10.5. The van der Waals surface area contributed by atoms with Crippen molar-refractivity contribution in [2.75, 3.05) is 26.2 Å². The first-order chi connectivity index (χ1) is 13.1. The Bertz CT molecular complexity index is 619. The Labute approximate surface area is 175 Å². The van der Waals surface area contributed by atoms with Crippen LogP contribution in [0, 0.1) is 11.8 Å². The van der Waals surface area contributed by atoms with Crippen molar-refractivity contribution >= 4 is 24.2 Å². The fraction of sp³-hybridized carbons (Fsp3) is 0.636. The van der Waals surface area contributed by atoms with Crippen LogP contribution in [0.2, 0.25) is 0 Å². The van der Waals surface area contributed by atoms with E-state index in [1.165, 1.54) is 12.8 Å². The van der Waals surface area contributed by atoms with Gasteiger partial charge in [0.2, 0.25) is 5.91 Å². The summed E-state index contributed by atoms with van der Waals surface area (Å²) in [6, 6.07) is 9.40. The SMILES string of the molecule is CC(CC(=O)N1CCCCC1CNC(=O)c1ccccc1)C1CCNCC1.Cl. The number of carbonyl (C=O) groups is 2. The molecule has 0 aromatic heterocycles. The Kier molecular flexibility index (Phi) is 9.26. The molecule has 2 N–H and O–H groups in total. The molecule has 0 saturated carbocycles. The maximum absolute atomic E-state index is 13.0. The predicted molar refractivity (Wildman–Crippen MR) is 115 cm³/mol. The number of halogens is 1. The van der Waals surface area contributed by atoms with Gasteiger partial charge < -0.3 is 15.5 Å². The highest BCUT2D eigenvalue weighted by Crippen LogP contribution is 2.26. The molecule has 2 saturated heterocycles. The number of nitrogens with one attached hydrogen (secondary N) is 2. The molecule has 0 spiro atoms. The van der Waals surface area contributed by atoms with E-state index in [-0.39, 0.29) is 30.3 Å². The first kappa shape index (κ1) is 22.7. The fourth-order valence-electron chi connectivity index (χ4n) is 4.42. The van der Waals surface area contributed by atoms with Gasteiger partial charge in [0.25, 0.3) is 5.91 Å². The number of amides is 2. The van der Waals surface area contributed by atoms with Crippen molar-refractivity contribution in [2.24, 2.45) is 11.8 Å². The lowest BCUT2D eigenvalue weighted by Gasteiger charge is -2.37. The van der Waals surface area contributed by atoms with Gasteiger partial charge in [-0.3, -0.25) is 9.59 Å². The molecule has 6 heteroatoms. The number of likely N-dealkylation sites (tertiary alicyclic amines) is 1. The number of piperidine rings is 2. The largest absolute Gasteiger partial charge is 0.350 e. The van der Waals surface area contributed by atoms with Crippen LogP contribution in [0.15, 0.2) is 30.3 Å². The van der Waals surface area contributed by atoms with Crippen molar-refractivity contribution in [3.63, 3.8) is 0 Å². The highest BCUT2D eigenvalue weighted by Gasteiger charge is 2.30. The molecule has 156 valence electrons. The van der Waals surface area contributed by atoms with Crippen LogP contribution in [0.3, 0.4) is 0 Å². The van der Waals surface area contributed by atoms with Crippen LogP contribution in [0.1, 0.15) is 55.8 Å². The average molecular weight is 408 g/mol. The number of rotatable bonds is 6. The number of hydrogen-bond acceptors (Lipinski definition) is 3. The molecule has 2 atom stereocenters. The molecule has 1 aromatic carbocycles. The molecule has 28 heavy (non-hydrogen) atoms. The third-order valence-corrected chi connectivity index (χ3v) is 6.17. The molecule has 0 bridgehead atoms. The van der Waals surface area contributed by atoms with Crippen LogP contribution in [-0.2, 0) is 4.79 Å². The van der Waals surface area contributed by atoms with E-state index in [4.69, 9.17) is 0 Å². The topological polar surface area (TPSA) is 61.4 Å². The van der Waals surface area contributed by atoms with Gasteiger partial charge in [-0.2, -0.15) is 0 Å². The fourth-order valence-corrected chi connectivity index (χ4v) is 4.42. The van der Waals surface area contributed by atoms with Crippen molar-refractivity contribution in [1.29, 1.82) is 0 Å². The van der Waals surface area contributed by atoms with Crippen molar-refractivity contribution < 1.29 is 9.59 Å². The Morgan fingerprint density at radius 1 is 1.14 bits per heavy atom. The van der Waals surface area contributed by atoms with Gasteiger partial charge >= 0.3 is 0 Å². The van der Waals surface area contributed by atoms with E-state index < -0.39 is 0 Å². The molecule has 1 aromatic rings. The van der Waals surface area contributed by atoms with Crippen molar-refractivity contribution in [3.8, 4) is 0 Å². The molecule has 5 nitrogen and oxygen atoms in total. The van der Waals surface area contributed by atoms with E-state index in [1.807, 2.05) is 35.2 Å². The molecular weight excluding hydrogens is 374 g/mol. The second-order valence-corrected chi connectivity index (χ2v) is 8.08. The van der Waals surface area contributed by atoms with Gasteiger partial charge in [0.15, 0.2) is 0 Å². The Morgan fingerprint density at radius 2 is 1.86 bits per heavy atom. The van der Waals surface area contributed by atoms with E-state index in [2.05, 4.69) is 17.6 Å². The highest BCUT2D eigenvalue weighted by atomic mass is 35.5. The van der Waals surface area contributed by atoms with E-state index in [0.29, 0.717) is 30.4 Å². The molecule has 3 rings (SSSR count). The summed E-state index contributed by atoms with van der Waals surface area (Å²) in [5.74, 6) is 1.29. The average Bonchev–Trinajstić information content (AvgIpc) is 2.73. The van der Waals surface area contributed by atoms with E-state index in [9.17, 15) is 9.59 Å². The standard InChI is InChI=1S/C22H33N3O2.ClH/c1-17(18-10-12-23-13-11-18)15-21(26)25-14-6-5-9-20(25)16-24-22(27)19-7-3-2-4-8-19;/h2-4,7-8,17-18,20,23H,5-6,9-16H2,1H3,(H,24,27);1H. The molecule has 2 aliphatic rings. The lowest BCUT2D eigenvalue weighted by Crippen LogP contribution is -2.50. The van der Waals surface area contributed by atoms with Crippen molar-refractivity contribution in [1.82, 2.24) is 15.5 Å². The molecule has 2 amide bonds. The maximum atomic E-state index is 13.0. The third kappa shape index (κ3) is 6.21. The van der Waals surface area contributed by atoms with Crippen LogP contribution in [0.5, 0.6) is 0 Å². The molecule has 0 aliphatic carbocycles. The third-order valence-electron chi connectivity index (χ3n) is 6.17. The second-order valence-electron chi connectivity index (χ2n) is 8.08. The van der Waals surface area contributed by atoms with Crippen LogP contribution in [0.25, 0.3) is 0 Å². The van der Waals surface area contributed by atoms with E-state index >= 15 is 0 Å². The zero-order chi connectivity index (χ0) is 19.1. The van der Waals surface area contributed by atoms with Gasteiger partial charge in [-0.05, 0) is 69.2 Å². The zero-order valence-electron chi connectivity index (χ0n) is 16.9. The Balaban J connectivity index is 0.00000280. The van der Waals surface area contributed by atoms with Gasteiger partial charge in [-0.25, -0.2) is 0 Å². The lowest BCUT2D eigenvalue weighted by molar-refractivity contribution is -0.136. The summed E-state index contributed by atoms with van der Waals surface area (Å²) < 4.78 is 0. The minimum Gasteiger partial charge on any atom is -0.350 e. The minimum absolute atomic E-state index is 0. The number of hydrogen-bond donors (Lipinski definition) is 2. The number of benzene rings is 1. The molecular formula is C22H34ClN3O2. The van der Waals surface area contributed by atoms with E-state index in [0.717, 1.165) is 38.9 Å². The Hall–Kier alpha value is -1.59. The first-order valence-electron chi connectivity index (χ1n) is 10.5. The smallest absolute Gasteiger partial charge is 0.251 e. The molecule has 2 heterocycles. The minimum atomic E-state index is -0.0587. The van der Waals surface area contributed by atoms with Crippen LogP contribution in [-0.4, -0.2) is 48.9 Å². The van der Waals surface area contributed by atoms with Gasteiger partial charge in [0, 0.05) is 31.1 Å². The molecule has 2 aliphatic heterocycles. The Morgan fingerprint density at radius 3 is 2.57 bits per heavy atom. The van der Waals surface area contributed by atoms with Crippen LogP contribution in [0.4, 0.5) is 0 Å². The monoisotopic (exact) mass is 407 g/mol. The highest BCUT2D eigenvalue weighted by molar-refractivity contribution is 5.94. The summed E-state index contributed by atoms with van der Waals surface area (Å²) in [6.07, 6.45) is 6.14. The molecule has 2 unspecified atom stereocenters. The van der Waals surface area contributed by atoms with Gasteiger partial charge in [0.05, 0.1) is 0 Å². The summed E-state index contributed by atoms with van der Waals surface area (Å²) in [5.41, 5.74) is 0.672. The van der Waals surface area contributed by atoms with Crippen LogP contribution < -0.4 is 10.6 Å². The van der Waals surface area contributed by atoms with E-state index in [1.54, 1.807) is 0 Å². The second kappa shape index (κ2) is 11.4. The molecule has 0 radical (unpaired) electrons. The summed E-state index contributed by atoms with van der Waals surface area (Å²) >= 11 is 0. The lowest BCUT2D eigenvalue weighted by atomic mass is 9.83. The quantitative estimate of drug-likeness (QED) is 0.760. The maximum Gasteiger partial charge on any atom is 0.251 e. The van der Waals surface area contributed by atoms with Gasteiger partial charge in [0.1, 0.15) is 0 Å². The van der Waals surface area contributed by atoms with Crippen molar-refractivity contribution in [2.45, 2.75) is 51.5 Å². The normalized spacial score (nSPS) is 21.5. The predicted octanol–water partition coefficient (Wildman–Crippen LogP) is 3.25. The summed E-state index contributed by atoms with van der Waals surface area (Å²) in [4.78, 5) is 27.3. The zero-order valence-corrected chi connectivity index (χ0v) is 17.7.